The van der Waals surface area contributed by atoms with Gasteiger partial charge in [-0.1, -0.05) is 0 Å². The SMILES string of the molecule is O=C(N[C@@H](CO)C(=O)CO)c1ccc(OC(F)(F)F)cc1. The van der Waals surface area contributed by atoms with Crippen molar-refractivity contribution in [2.45, 2.75) is 12.4 Å². The van der Waals surface area contributed by atoms with E-state index in [-0.39, 0.29) is 5.56 Å². The summed E-state index contributed by atoms with van der Waals surface area (Å²) in [5.41, 5.74) is -0.0336. The smallest absolute Gasteiger partial charge is 0.406 e. The number of ketones is 1. The second kappa shape index (κ2) is 7.04. The molecule has 0 saturated heterocycles. The summed E-state index contributed by atoms with van der Waals surface area (Å²) in [5.74, 6) is -2.07. The van der Waals surface area contributed by atoms with Crippen LogP contribution in [0.3, 0.4) is 0 Å². The van der Waals surface area contributed by atoms with Crippen LogP contribution < -0.4 is 10.1 Å². The molecule has 116 valence electrons. The number of hydrogen-bond acceptors (Lipinski definition) is 5. The number of ether oxygens (including phenoxy) is 1. The summed E-state index contributed by atoms with van der Waals surface area (Å²) in [7, 11) is 0. The van der Waals surface area contributed by atoms with Gasteiger partial charge in [0, 0.05) is 5.56 Å². The van der Waals surface area contributed by atoms with Gasteiger partial charge in [-0.05, 0) is 24.3 Å². The number of halogens is 3. The zero-order chi connectivity index (χ0) is 16.0. The maximum Gasteiger partial charge on any atom is 0.573 e. The minimum absolute atomic E-state index is 0.0336. The van der Waals surface area contributed by atoms with E-state index in [9.17, 15) is 22.8 Å². The molecule has 6 nitrogen and oxygen atoms in total. The van der Waals surface area contributed by atoms with E-state index in [0.717, 1.165) is 24.3 Å². The Kier molecular flexibility index (Phi) is 5.68. The van der Waals surface area contributed by atoms with E-state index in [1.54, 1.807) is 0 Å². The molecule has 0 aromatic heterocycles. The molecule has 1 rings (SSSR count). The molecule has 0 fully saturated rings. The van der Waals surface area contributed by atoms with Crippen LogP contribution in [0.5, 0.6) is 5.75 Å². The minimum atomic E-state index is -4.83. The van der Waals surface area contributed by atoms with E-state index in [1.807, 2.05) is 0 Å². The molecule has 1 aromatic rings. The summed E-state index contributed by atoms with van der Waals surface area (Å²) in [6, 6.07) is 2.71. The topological polar surface area (TPSA) is 95.9 Å². The molecule has 0 spiro atoms. The van der Waals surface area contributed by atoms with Gasteiger partial charge in [0.05, 0.1) is 6.61 Å². The molecule has 1 aromatic carbocycles. The number of amides is 1. The molecule has 0 heterocycles. The zero-order valence-electron chi connectivity index (χ0n) is 10.6. The van der Waals surface area contributed by atoms with Crippen LogP contribution in [0.25, 0.3) is 0 Å². The van der Waals surface area contributed by atoms with Crippen LogP contribution in [0.4, 0.5) is 13.2 Å². The predicted molar refractivity (Wildman–Crippen MR) is 63.6 cm³/mol. The molecule has 0 aliphatic carbocycles. The summed E-state index contributed by atoms with van der Waals surface area (Å²) in [4.78, 5) is 22.9. The minimum Gasteiger partial charge on any atom is -0.406 e. The number of nitrogens with one attached hydrogen (secondary N) is 1. The number of rotatable bonds is 6. The highest BCUT2D eigenvalue weighted by Crippen LogP contribution is 2.22. The average Bonchev–Trinajstić information content (AvgIpc) is 2.42. The Morgan fingerprint density at radius 2 is 1.76 bits per heavy atom. The monoisotopic (exact) mass is 307 g/mol. The number of Topliss-reactive ketones (excluding diaryl/α,β-unsaturated/α-hetero) is 1. The molecule has 1 amide bonds. The van der Waals surface area contributed by atoms with Gasteiger partial charge in [0.1, 0.15) is 18.4 Å². The normalized spacial score (nSPS) is 12.6. The van der Waals surface area contributed by atoms with E-state index in [2.05, 4.69) is 10.1 Å². The highest BCUT2D eigenvalue weighted by atomic mass is 19.4. The first-order valence-corrected chi connectivity index (χ1v) is 5.68. The van der Waals surface area contributed by atoms with Gasteiger partial charge in [-0.2, -0.15) is 0 Å². The maximum absolute atomic E-state index is 12.0. The summed E-state index contributed by atoms with van der Waals surface area (Å²) < 4.78 is 39.5. The van der Waals surface area contributed by atoms with Crippen molar-refractivity contribution in [3.63, 3.8) is 0 Å². The first-order valence-electron chi connectivity index (χ1n) is 5.68. The Labute approximate surface area is 117 Å². The molecule has 21 heavy (non-hydrogen) atoms. The molecule has 0 aliphatic heterocycles. The van der Waals surface area contributed by atoms with E-state index >= 15 is 0 Å². The molecular weight excluding hydrogens is 295 g/mol. The van der Waals surface area contributed by atoms with Gasteiger partial charge in [-0.25, -0.2) is 0 Å². The summed E-state index contributed by atoms with van der Waals surface area (Å²) in [6.45, 7) is -1.57. The molecule has 3 N–H and O–H groups in total. The highest BCUT2D eigenvalue weighted by Gasteiger charge is 2.31. The highest BCUT2D eigenvalue weighted by molar-refractivity contribution is 5.98. The zero-order valence-corrected chi connectivity index (χ0v) is 10.6. The van der Waals surface area contributed by atoms with Crippen molar-refractivity contribution in [3.05, 3.63) is 29.8 Å². The van der Waals surface area contributed by atoms with E-state index < -0.39 is 43.1 Å². The van der Waals surface area contributed by atoms with E-state index in [1.165, 1.54) is 0 Å². The van der Waals surface area contributed by atoms with Crippen molar-refractivity contribution in [2.24, 2.45) is 0 Å². The van der Waals surface area contributed by atoms with Crippen molar-refractivity contribution in [1.82, 2.24) is 5.32 Å². The van der Waals surface area contributed by atoms with Crippen LogP contribution >= 0.6 is 0 Å². The number of aliphatic hydroxyl groups is 2. The fourth-order valence-corrected chi connectivity index (χ4v) is 1.39. The van der Waals surface area contributed by atoms with Gasteiger partial charge in [0.25, 0.3) is 5.91 Å². The first kappa shape index (κ1) is 16.9. The second-order valence-electron chi connectivity index (χ2n) is 3.91. The van der Waals surface area contributed by atoms with Crippen LogP contribution in [0.1, 0.15) is 10.4 Å². The van der Waals surface area contributed by atoms with Gasteiger partial charge in [-0.3, -0.25) is 9.59 Å². The average molecular weight is 307 g/mol. The predicted octanol–water partition coefficient (Wildman–Crippen LogP) is 0.237. The largest absolute Gasteiger partial charge is 0.573 e. The van der Waals surface area contributed by atoms with Crippen molar-refractivity contribution in [3.8, 4) is 5.75 Å². The van der Waals surface area contributed by atoms with Crippen LogP contribution in [-0.4, -0.2) is 47.5 Å². The Bertz CT molecular complexity index is 501. The van der Waals surface area contributed by atoms with Crippen LogP contribution in [-0.2, 0) is 4.79 Å². The second-order valence-corrected chi connectivity index (χ2v) is 3.91. The van der Waals surface area contributed by atoms with E-state index in [0.29, 0.717) is 0 Å². The lowest BCUT2D eigenvalue weighted by molar-refractivity contribution is -0.274. The van der Waals surface area contributed by atoms with Gasteiger partial charge in [0.2, 0.25) is 0 Å². The number of hydrogen-bond donors (Lipinski definition) is 3. The van der Waals surface area contributed by atoms with Gasteiger partial charge >= 0.3 is 6.36 Å². The third kappa shape index (κ3) is 5.40. The molecule has 0 unspecified atom stereocenters. The Morgan fingerprint density at radius 1 is 1.19 bits per heavy atom. The number of benzene rings is 1. The number of carbonyl (C=O) groups is 2. The number of alkyl halides is 3. The maximum atomic E-state index is 12.0. The van der Waals surface area contributed by atoms with Crippen molar-refractivity contribution >= 4 is 11.7 Å². The van der Waals surface area contributed by atoms with Crippen LogP contribution in [0, 0.1) is 0 Å². The Morgan fingerprint density at radius 3 is 2.19 bits per heavy atom. The summed E-state index contributed by atoms with van der Waals surface area (Å²) in [5, 5.41) is 19.7. The molecule has 0 radical (unpaired) electrons. The van der Waals surface area contributed by atoms with Crippen molar-refractivity contribution in [1.29, 1.82) is 0 Å². The van der Waals surface area contributed by atoms with Gasteiger partial charge < -0.3 is 20.3 Å². The quantitative estimate of drug-likeness (QED) is 0.699. The third-order valence-electron chi connectivity index (χ3n) is 2.38. The number of aliphatic hydroxyl groups excluding tert-OH is 2. The van der Waals surface area contributed by atoms with Gasteiger partial charge in [0.15, 0.2) is 5.78 Å². The third-order valence-corrected chi connectivity index (χ3v) is 2.38. The Balaban J connectivity index is 2.73. The standard InChI is InChI=1S/C12H12F3NO5/c13-12(14,15)21-8-3-1-7(2-4-8)11(20)16-9(5-17)10(19)6-18/h1-4,9,17-18H,5-6H2,(H,16,20)/t9-/m0/s1. The number of carbonyl (C=O) groups excluding carboxylic acids is 2. The first-order chi connectivity index (χ1) is 9.76. The van der Waals surface area contributed by atoms with Crippen molar-refractivity contribution in [2.75, 3.05) is 13.2 Å². The van der Waals surface area contributed by atoms with E-state index in [4.69, 9.17) is 10.2 Å². The summed E-state index contributed by atoms with van der Waals surface area (Å²) >= 11 is 0. The summed E-state index contributed by atoms with van der Waals surface area (Å²) in [6.07, 6.45) is -4.83. The lowest BCUT2D eigenvalue weighted by Gasteiger charge is -2.14. The fourth-order valence-electron chi connectivity index (χ4n) is 1.39. The molecule has 0 saturated carbocycles. The molecule has 0 bridgehead atoms. The molecule has 1 atom stereocenters. The molecular formula is C12H12F3NO5. The van der Waals surface area contributed by atoms with Gasteiger partial charge in [-0.15, -0.1) is 13.2 Å². The van der Waals surface area contributed by atoms with Crippen LogP contribution in [0.2, 0.25) is 0 Å². The van der Waals surface area contributed by atoms with Crippen molar-refractivity contribution < 1.29 is 37.7 Å². The van der Waals surface area contributed by atoms with Crippen LogP contribution in [0.15, 0.2) is 24.3 Å². The molecule has 9 heteroatoms. The lowest BCUT2D eigenvalue weighted by Crippen LogP contribution is -2.44. The Hall–Kier alpha value is -2.13. The molecule has 0 aliphatic rings. The lowest BCUT2D eigenvalue weighted by atomic mass is 10.1. The fraction of sp³-hybridized carbons (Fsp3) is 0.333.